The van der Waals surface area contributed by atoms with E-state index in [1.165, 1.54) is 11.0 Å². The van der Waals surface area contributed by atoms with E-state index in [2.05, 4.69) is 4.90 Å². The number of carbonyl (C=O) groups is 1. The van der Waals surface area contributed by atoms with Crippen LogP contribution in [-0.2, 0) is 16.0 Å². The Morgan fingerprint density at radius 2 is 2.09 bits per heavy atom. The number of hydrogen-bond donors (Lipinski definition) is 1. The fourth-order valence-electron chi connectivity index (χ4n) is 2.50. The zero-order valence-corrected chi connectivity index (χ0v) is 12.9. The van der Waals surface area contributed by atoms with E-state index < -0.39 is 6.10 Å². The van der Waals surface area contributed by atoms with Crippen LogP contribution >= 0.6 is 0 Å². The van der Waals surface area contributed by atoms with Crippen LogP contribution in [0.25, 0.3) is 0 Å². The van der Waals surface area contributed by atoms with Gasteiger partial charge >= 0.3 is 0 Å². The summed E-state index contributed by atoms with van der Waals surface area (Å²) in [4.78, 5) is 15.7. The van der Waals surface area contributed by atoms with E-state index in [1.807, 2.05) is 0 Å². The topological polar surface area (TPSA) is 53.0 Å². The number of rotatable bonds is 6. The highest BCUT2D eigenvalue weighted by molar-refractivity contribution is 5.78. The predicted molar refractivity (Wildman–Crippen MR) is 81.0 cm³/mol. The maximum atomic E-state index is 13.5. The van der Waals surface area contributed by atoms with Crippen molar-refractivity contribution >= 4 is 5.91 Å². The maximum absolute atomic E-state index is 13.5. The van der Waals surface area contributed by atoms with Crippen molar-refractivity contribution < 1.29 is 19.0 Å². The number of aliphatic hydroxyl groups excluding tert-OH is 1. The summed E-state index contributed by atoms with van der Waals surface area (Å²) >= 11 is 0. The standard InChI is InChI=1S/C16H23FN2O3/c1-18(11-14(20)12-19-6-8-22-9-7-19)16(21)10-13-4-2-3-5-15(13)17/h2-5,14,20H,6-12H2,1H3. The molecule has 0 bridgehead atoms. The average molecular weight is 310 g/mol. The first-order valence-electron chi connectivity index (χ1n) is 7.52. The molecule has 2 rings (SSSR count). The monoisotopic (exact) mass is 310 g/mol. The Hall–Kier alpha value is -1.50. The van der Waals surface area contributed by atoms with Gasteiger partial charge in [0.25, 0.3) is 0 Å². The summed E-state index contributed by atoms with van der Waals surface area (Å²) < 4.78 is 18.8. The van der Waals surface area contributed by atoms with Gasteiger partial charge in [0, 0.05) is 33.2 Å². The minimum absolute atomic E-state index is 0.00739. The number of benzene rings is 1. The van der Waals surface area contributed by atoms with Gasteiger partial charge in [-0.2, -0.15) is 0 Å². The summed E-state index contributed by atoms with van der Waals surface area (Å²) in [6, 6.07) is 6.25. The highest BCUT2D eigenvalue weighted by Crippen LogP contribution is 2.09. The molecule has 1 saturated heterocycles. The Morgan fingerprint density at radius 3 is 2.77 bits per heavy atom. The van der Waals surface area contributed by atoms with Crippen LogP contribution in [0.1, 0.15) is 5.56 Å². The summed E-state index contributed by atoms with van der Waals surface area (Å²) in [7, 11) is 1.63. The SMILES string of the molecule is CN(CC(O)CN1CCOCC1)C(=O)Cc1ccccc1F. The summed E-state index contributed by atoms with van der Waals surface area (Å²) in [5, 5.41) is 10.1. The average Bonchev–Trinajstić information content (AvgIpc) is 2.50. The van der Waals surface area contributed by atoms with E-state index in [0.717, 1.165) is 13.1 Å². The molecule has 0 spiro atoms. The molecular weight excluding hydrogens is 287 g/mol. The van der Waals surface area contributed by atoms with Crippen LogP contribution in [0.3, 0.4) is 0 Å². The summed E-state index contributed by atoms with van der Waals surface area (Å²) in [6.07, 6.45) is -0.611. The largest absolute Gasteiger partial charge is 0.390 e. The Labute approximate surface area is 130 Å². The fourth-order valence-corrected chi connectivity index (χ4v) is 2.50. The van der Waals surface area contributed by atoms with Gasteiger partial charge in [0.1, 0.15) is 5.82 Å². The Bertz CT molecular complexity index is 492. The van der Waals surface area contributed by atoms with Gasteiger partial charge in [0.05, 0.1) is 25.7 Å². The summed E-state index contributed by atoms with van der Waals surface area (Å²) in [5.41, 5.74) is 0.377. The quantitative estimate of drug-likeness (QED) is 0.832. The molecule has 5 nitrogen and oxygen atoms in total. The van der Waals surface area contributed by atoms with Crippen molar-refractivity contribution in [3.63, 3.8) is 0 Å². The van der Waals surface area contributed by atoms with Crippen LogP contribution in [0, 0.1) is 5.82 Å². The van der Waals surface area contributed by atoms with Crippen LogP contribution < -0.4 is 0 Å². The second-order valence-electron chi connectivity index (χ2n) is 5.61. The van der Waals surface area contributed by atoms with E-state index in [9.17, 15) is 14.3 Å². The molecule has 1 aliphatic rings. The fraction of sp³-hybridized carbons (Fsp3) is 0.562. The third kappa shape index (κ3) is 5.05. The van der Waals surface area contributed by atoms with E-state index >= 15 is 0 Å². The van der Waals surface area contributed by atoms with E-state index in [-0.39, 0.29) is 24.7 Å². The molecule has 1 amide bonds. The molecule has 0 aliphatic carbocycles. The highest BCUT2D eigenvalue weighted by Gasteiger charge is 2.19. The van der Waals surface area contributed by atoms with Crippen LogP contribution in [0.2, 0.25) is 0 Å². The van der Waals surface area contributed by atoms with Crippen molar-refractivity contribution in [3.05, 3.63) is 35.6 Å². The predicted octanol–water partition coefficient (Wildman–Crippen LogP) is 0.520. The molecule has 0 saturated carbocycles. The van der Waals surface area contributed by atoms with Gasteiger partial charge in [-0.15, -0.1) is 0 Å². The molecule has 1 heterocycles. The first kappa shape index (κ1) is 16.9. The van der Waals surface area contributed by atoms with Crippen molar-refractivity contribution in [2.75, 3.05) is 46.4 Å². The van der Waals surface area contributed by atoms with Crippen molar-refractivity contribution in [3.8, 4) is 0 Å². The first-order chi connectivity index (χ1) is 10.6. The summed E-state index contributed by atoms with van der Waals surface area (Å²) in [5.74, 6) is -0.579. The number of likely N-dealkylation sites (N-methyl/N-ethyl adjacent to an activating group) is 1. The van der Waals surface area contributed by atoms with Gasteiger partial charge in [-0.1, -0.05) is 18.2 Å². The minimum Gasteiger partial charge on any atom is -0.390 e. The third-order valence-corrected chi connectivity index (χ3v) is 3.78. The first-order valence-corrected chi connectivity index (χ1v) is 7.52. The minimum atomic E-state index is -0.618. The lowest BCUT2D eigenvalue weighted by Crippen LogP contribution is -2.45. The molecule has 0 radical (unpaired) electrons. The molecule has 1 atom stereocenters. The number of halogens is 1. The zero-order chi connectivity index (χ0) is 15.9. The Balaban J connectivity index is 1.79. The normalized spacial score (nSPS) is 17.2. The molecule has 22 heavy (non-hydrogen) atoms. The van der Waals surface area contributed by atoms with Gasteiger partial charge in [-0.25, -0.2) is 4.39 Å². The van der Waals surface area contributed by atoms with E-state index in [0.29, 0.717) is 25.3 Å². The zero-order valence-electron chi connectivity index (χ0n) is 12.9. The van der Waals surface area contributed by atoms with Crippen molar-refractivity contribution in [2.45, 2.75) is 12.5 Å². The molecule has 1 aromatic rings. The second-order valence-corrected chi connectivity index (χ2v) is 5.61. The van der Waals surface area contributed by atoms with Gasteiger partial charge < -0.3 is 14.7 Å². The lowest BCUT2D eigenvalue weighted by atomic mass is 10.1. The molecular formula is C16H23FN2O3. The second kappa shape index (κ2) is 8.22. The lowest BCUT2D eigenvalue weighted by molar-refractivity contribution is -0.130. The lowest BCUT2D eigenvalue weighted by Gasteiger charge is -2.30. The highest BCUT2D eigenvalue weighted by atomic mass is 19.1. The number of hydrogen-bond acceptors (Lipinski definition) is 4. The number of ether oxygens (including phenoxy) is 1. The molecule has 1 N–H and O–H groups in total. The van der Waals surface area contributed by atoms with Crippen molar-refractivity contribution in [2.24, 2.45) is 0 Å². The molecule has 122 valence electrons. The smallest absolute Gasteiger partial charge is 0.226 e. The van der Waals surface area contributed by atoms with Gasteiger partial charge in [0.15, 0.2) is 0 Å². The van der Waals surface area contributed by atoms with Gasteiger partial charge in [0.2, 0.25) is 5.91 Å². The number of morpholine rings is 1. The molecule has 1 unspecified atom stereocenters. The number of β-amino-alcohol motifs (C(OH)–C–C–N with tert-alkyl or cyclic N) is 1. The molecule has 1 aliphatic heterocycles. The number of nitrogens with zero attached hydrogens (tertiary/aromatic N) is 2. The molecule has 6 heteroatoms. The molecule has 1 fully saturated rings. The van der Waals surface area contributed by atoms with Crippen LogP contribution in [0.4, 0.5) is 4.39 Å². The van der Waals surface area contributed by atoms with Crippen LogP contribution in [0.5, 0.6) is 0 Å². The molecule has 1 aromatic carbocycles. The Morgan fingerprint density at radius 1 is 1.41 bits per heavy atom. The number of aliphatic hydroxyl groups is 1. The number of amides is 1. The van der Waals surface area contributed by atoms with Crippen molar-refractivity contribution in [1.82, 2.24) is 9.80 Å². The maximum Gasteiger partial charge on any atom is 0.226 e. The van der Waals surface area contributed by atoms with Gasteiger partial charge in [-0.3, -0.25) is 9.69 Å². The Kier molecular flexibility index (Phi) is 6.30. The van der Waals surface area contributed by atoms with Crippen LogP contribution in [0.15, 0.2) is 24.3 Å². The van der Waals surface area contributed by atoms with E-state index in [4.69, 9.17) is 4.74 Å². The van der Waals surface area contributed by atoms with Crippen LogP contribution in [-0.4, -0.2) is 73.4 Å². The van der Waals surface area contributed by atoms with Crippen molar-refractivity contribution in [1.29, 1.82) is 0 Å². The number of carbonyl (C=O) groups excluding carboxylic acids is 1. The van der Waals surface area contributed by atoms with E-state index in [1.54, 1.807) is 25.2 Å². The summed E-state index contributed by atoms with van der Waals surface area (Å²) in [6.45, 7) is 3.70. The molecule has 0 aromatic heterocycles. The van der Waals surface area contributed by atoms with Gasteiger partial charge in [-0.05, 0) is 11.6 Å². The third-order valence-electron chi connectivity index (χ3n) is 3.78.